The third-order valence-corrected chi connectivity index (χ3v) is 7.14. The van der Waals surface area contributed by atoms with E-state index in [1.54, 1.807) is 17.0 Å². The van der Waals surface area contributed by atoms with Gasteiger partial charge in [-0.1, -0.05) is 30.7 Å². The summed E-state index contributed by atoms with van der Waals surface area (Å²) < 4.78 is 6.20. The van der Waals surface area contributed by atoms with Crippen molar-refractivity contribution in [2.75, 3.05) is 27.2 Å². The van der Waals surface area contributed by atoms with Crippen LogP contribution in [0.2, 0.25) is 5.02 Å². The van der Waals surface area contributed by atoms with E-state index in [-0.39, 0.29) is 40.8 Å². The maximum Gasteiger partial charge on any atom is 0.290 e. The Morgan fingerprint density at radius 2 is 1.86 bits per heavy atom. The zero-order valence-electron chi connectivity index (χ0n) is 16.9. The molecule has 4 rings (SSSR count). The number of halogens is 2. The molecule has 0 N–H and O–H groups in total. The molecular formula is C22H26Cl2N2O3. The number of benzene rings is 1. The lowest BCUT2D eigenvalue weighted by Gasteiger charge is -2.40. The smallest absolute Gasteiger partial charge is 0.290 e. The highest BCUT2D eigenvalue weighted by Gasteiger charge is 2.53. The lowest BCUT2D eigenvalue weighted by molar-refractivity contribution is -0.136. The zero-order valence-corrected chi connectivity index (χ0v) is 18.4. The summed E-state index contributed by atoms with van der Waals surface area (Å²) in [5.41, 5.74) is 1.35. The standard InChI is InChI=1S/C22H26Cl2N2O3/c1-12-10-17-15(11-16(12)24)20(27)18-19(13-4-6-14(23)7-5-13)26(9-8-25(2)3)22(28)21(18)29-17/h4-7,12,15-17,19H,8-11H2,1-3H3. The van der Waals surface area contributed by atoms with Gasteiger partial charge in [-0.3, -0.25) is 9.59 Å². The van der Waals surface area contributed by atoms with Crippen LogP contribution in [0.1, 0.15) is 31.4 Å². The van der Waals surface area contributed by atoms with E-state index in [9.17, 15) is 9.59 Å². The average molecular weight is 437 g/mol. The van der Waals surface area contributed by atoms with E-state index in [0.717, 1.165) is 5.56 Å². The third-order valence-electron chi connectivity index (χ3n) is 6.28. The number of alkyl halides is 1. The van der Waals surface area contributed by atoms with Crippen molar-refractivity contribution < 1.29 is 14.3 Å². The summed E-state index contributed by atoms with van der Waals surface area (Å²) in [6.45, 7) is 3.27. The molecule has 2 aliphatic heterocycles. The van der Waals surface area contributed by atoms with Gasteiger partial charge in [-0.2, -0.15) is 0 Å². The Morgan fingerprint density at radius 3 is 2.52 bits per heavy atom. The van der Waals surface area contributed by atoms with Crippen LogP contribution in [0.15, 0.2) is 35.6 Å². The van der Waals surface area contributed by atoms with Crippen LogP contribution in [0.5, 0.6) is 0 Å². The number of hydrogen-bond acceptors (Lipinski definition) is 4. The van der Waals surface area contributed by atoms with Gasteiger partial charge in [0.2, 0.25) is 0 Å². The Labute approximate surface area is 181 Å². The van der Waals surface area contributed by atoms with Gasteiger partial charge in [-0.15, -0.1) is 11.6 Å². The molecule has 0 spiro atoms. The second-order valence-electron chi connectivity index (χ2n) is 8.59. The summed E-state index contributed by atoms with van der Waals surface area (Å²) in [7, 11) is 3.92. The summed E-state index contributed by atoms with van der Waals surface area (Å²) in [4.78, 5) is 30.6. The first-order chi connectivity index (χ1) is 13.8. The molecule has 5 unspecified atom stereocenters. The maximum atomic E-state index is 13.6. The maximum absolute atomic E-state index is 13.6. The molecule has 5 atom stereocenters. The van der Waals surface area contributed by atoms with Crippen molar-refractivity contribution in [3.8, 4) is 0 Å². The van der Waals surface area contributed by atoms with Gasteiger partial charge < -0.3 is 14.5 Å². The number of fused-ring (bicyclic) bond motifs is 1. The molecule has 2 heterocycles. The van der Waals surface area contributed by atoms with Crippen LogP contribution in [0, 0.1) is 11.8 Å². The molecule has 0 aromatic heterocycles. The average Bonchev–Trinajstić information content (AvgIpc) is 2.95. The van der Waals surface area contributed by atoms with E-state index in [0.29, 0.717) is 36.5 Å². The van der Waals surface area contributed by atoms with Crippen molar-refractivity contribution in [2.45, 2.75) is 37.3 Å². The monoisotopic (exact) mass is 436 g/mol. The minimum atomic E-state index is -0.448. The Kier molecular flexibility index (Phi) is 5.66. The van der Waals surface area contributed by atoms with E-state index >= 15 is 0 Å². The molecule has 0 radical (unpaired) electrons. The summed E-state index contributed by atoms with van der Waals surface area (Å²) in [6, 6.07) is 6.89. The van der Waals surface area contributed by atoms with E-state index in [2.05, 4.69) is 6.92 Å². The summed E-state index contributed by atoms with van der Waals surface area (Å²) in [6.07, 6.45) is 1.01. The van der Waals surface area contributed by atoms with Crippen LogP contribution >= 0.6 is 23.2 Å². The Bertz CT molecular complexity index is 852. The minimum Gasteiger partial charge on any atom is -0.483 e. The molecule has 5 nitrogen and oxygen atoms in total. The molecule has 1 aliphatic carbocycles. The van der Waals surface area contributed by atoms with E-state index < -0.39 is 6.04 Å². The lowest BCUT2D eigenvalue weighted by Crippen LogP contribution is -2.44. The number of amides is 1. The predicted octanol–water partition coefficient (Wildman–Crippen LogP) is 3.66. The van der Waals surface area contributed by atoms with E-state index in [1.165, 1.54) is 0 Å². The molecule has 156 valence electrons. The van der Waals surface area contributed by atoms with Crippen molar-refractivity contribution in [1.29, 1.82) is 0 Å². The van der Waals surface area contributed by atoms with Crippen molar-refractivity contribution >= 4 is 34.9 Å². The number of hydrogen-bond donors (Lipinski definition) is 0. The Morgan fingerprint density at radius 1 is 1.17 bits per heavy atom. The molecule has 0 bridgehead atoms. The van der Waals surface area contributed by atoms with Crippen LogP contribution in [0.25, 0.3) is 0 Å². The molecule has 1 fully saturated rings. The Balaban J connectivity index is 1.74. The normalized spacial score (nSPS) is 31.8. The summed E-state index contributed by atoms with van der Waals surface area (Å²) in [5, 5.41) is 0.562. The van der Waals surface area contributed by atoms with Gasteiger partial charge in [0.05, 0.1) is 17.5 Å². The molecule has 29 heavy (non-hydrogen) atoms. The molecule has 1 amide bonds. The molecule has 3 aliphatic rings. The largest absolute Gasteiger partial charge is 0.483 e. The van der Waals surface area contributed by atoms with Crippen molar-refractivity contribution in [3.05, 3.63) is 46.2 Å². The number of rotatable bonds is 4. The second-order valence-corrected chi connectivity index (χ2v) is 9.59. The first kappa shape index (κ1) is 20.7. The van der Waals surface area contributed by atoms with Crippen LogP contribution in [-0.2, 0) is 14.3 Å². The van der Waals surface area contributed by atoms with Crippen molar-refractivity contribution in [2.24, 2.45) is 11.8 Å². The van der Waals surface area contributed by atoms with Crippen LogP contribution < -0.4 is 0 Å². The number of carbonyl (C=O) groups excluding carboxylic acids is 2. The highest BCUT2D eigenvalue weighted by atomic mass is 35.5. The van der Waals surface area contributed by atoms with Gasteiger partial charge in [0.1, 0.15) is 6.10 Å². The minimum absolute atomic E-state index is 0.00875. The topological polar surface area (TPSA) is 49.9 Å². The number of carbonyl (C=O) groups is 2. The number of likely N-dealkylation sites (N-methyl/N-ethyl adjacent to an activating group) is 1. The third kappa shape index (κ3) is 3.69. The second kappa shape index (κ2) is 7.93. The quantitative estimate of drug-likeness (QED) is 0.675. The molecule has 1 saturated carbocycles. The fraction of sp³-hybridized carbons (Fsp3) is 0.545. The fourth-order valence-electron chi connectivity index (χ4n) is 4.60. The Hall–Kier alpha value is -1.56. The molecule has 1 aromatic rings. The van der Waals surface area contributed by atoms with Gasteiger partial charge in [0.15, 0.2) is 11.5 Å². The number of ketones is 1. The SMILES string of the molecule is CC1CC2OC3=C(C(=O)C2CC1Cl)C(c1ccc(Cl)cc1)N(CCN(C)C)C3=O. The zero-order chi connectivity index (χ0) is 20.9. The van der Waals surface area contributed by atoms with Gasteiger partial charge in [-0.25, -0.2) is 0 Å². The lowest BCUT2D eigenvalue weighted by atomic mass is 9.74. The molecular weight excluding hydrogens is 411 g/mol. The molecule has 7 heteroatoms. The van der Waals surface area contributed by atoms with Gasteiger partial charge >= 0.3 is 0 Å². The first-order valence-electron chi connectivity index (χ1n) is 10.1. The van der Waals surface area contributed by atoms with Crippen molar-refractivity contribution in [3.63, 3.8) is 0 Å². The highest BCUT2D eigenvalue weighted by molar-refractivity contribution is 6.30. The van der Waals surface area contributed by atoms with Crippen LogP contribution in [-0.4, -0.2) is 60.2 Å². The van der Waals surface area contributed by atoms with Crippen LogP contribution in [0.3, 0.4) is 0 Å². The number of nitrogens with zero attached hydrogens (tertiary/aromatic N) is 2. The van der Waals surface area contributed by atoms with Crippen LogP contribution in [0.4, 0.5) is 0 Å². The van der Waals surface area contributed by atoms with Gasteiger partial charge in [0, 0.05) is 23.5 Å². The highest BCUT2D eigenvalue weighted by Crippen LogP contribution is 2.48. The molecule has 0 saturated heterocycles. The number of Topliss-reactive ketones (excluding diaryl/α,β-unsaturated/α-hetero) is 1. The van der Waals surface area contributed by atoms with Gasteiger partial charge in [-0.05, 0) is 50.6 Å². The molecule has 1 aromatic carbocycles. The number of ether oxygens (including phenoxy) is 1. The summed E-state index contributed by atoms with van der Waals surface area (Å²) >= 11 is 12.6. The predicted molar refractivity (Wildman–Crippen MR) is 113 cm³/mol. The van der Waals surface area contributed by atoms with Gasteiger partial charge in [0.25, 0.3) is 5.91 Å². The van der Waals surface area contributed by atoms with Crippen molar-refractivity contribution in [1.82, 2.24) is 9.80 Å². The summed E-state index contributed by atoms with van der Waals surface area (Å²) in [5.74, 6) is 0.00371. The van der Waals surface area contributed by atoms with E-state index in [4.69, 9.17) is 27.9 Å². The fourth-order valence-corrected chi connectivity index (χ4v) is 5.02. The first-order valence-corrected chi connectivity index (χ1v) is 10.9. The van der Waals surface area contributed by atoms with E-state index in [1.807, 2.05) is 31.1 Å².